The minimum absolute atomic E-state index is 0.127. The molecule has 1 aliphatic heterocycles. The summed E-state index contributed by atoms with van der Waals surface area (Å²) in [6, 6.07) is 11.9. The van der Waals surface area contributed by atoms with E-state index in [-0.39, 0.29) is 5.91 Å². The number of aromatic nitrogens is 2. The Morgan fingerprint density at radius 2 is 1.80 bits per heavy atom. The number of benzene rings is 1. The lowest BCUT2D eigenvalue weighted by Crippen LogP contribution is -2.30. The molecule has 5 heteroatoms. The van der Waals surface area contributed by atoms with Crippen molar-refractivity contribution in [2.75, 3.05) is 24.5 Å². The first-order valence-electron chi connectivity index (χ1n) is 9.15. The molecule has 25 heavy (non-hydrogen) atoms. The monoisotopic (exact) mass is 338 g/mol. The fraction of sp³-hybridized carbons (Fsp3) is 0.450. The Bertz CT molecular complexity index is 694. The molecule has 1 aliphatic rings. The molecule has 132 valence electrons. The molecule has 1 fully saturated rings. The molecular formula is C20H26N4O. The van der Waals surface area contributed by atoms with Crippen LogP contribution in [-0.4, -0.2) is 35.5 Å². The lowest BCUT2D eigenvalue weighted by atomic mass is 10.1. The maximum Gasteiger partial charge on any atom is 0.270 e. The van der Waals surface area contributed by atoms with Crippen molar-refractivity contribution >= 4 is 11.9 Å². The molecule has 1 N–H and O–H groups in total. The summed E-state index contributed by atoms with van der Waals surface area (Å²) in [4.78, 5) is 23.8. The number of amides is 1. The van der Waals surface area contributed by atoms with Gasteiger partial charge >= 0.3 is 0 Å². The summed E-state index contributed by atoms with van der Waals surface area (Å²) in [7, 11) is 0. The van der Waals surface area contributed by atoms with E-state index in [1.807, 2.05) is 25.1 Å². The zero-order valence-corrected chi connectivity index (χ0v) is 14.9. The van der Waals surface area contributed by atoms with Crippen LogP contribution >= 0.6 is 0 Å². The molecular weight excluding hydrogens is 312 g/mol. The molecule has 0 aliphatic carbocycles. The van der Waals surface area contributed by atoms with Crippen LogP contribution in [0, 0.1) is 6.92 Å². The number of hydrogen-bond donors (Lipinski definition) is 1. The van der Waals surface area contributed by atoms with E-state index in [1.165, 1.54) is 18.4 Å². The van der Waals surface area contributed by atoms with E-state index in [0.29, 0.717) is 18.2 Å². The Kier molecular flexibility index (Phi) is 5.99. The lowest BCUT2D eigenvalue weighted by molar-refractivity contribution is 0.0949. The number of carbonyl (C=O) groups excluding carboxylic acids is 1. The van der Waals surface area contributed by atoms with Crippen molar-refractivity contribution in [1.82, 2.24) is 15.3 Å². The maximum atomic E-state index is 12.5. The van der Waals surface area contributed by atoms with Crippen LogP contribution in [-0.2, 0) is 6.42 Å². The molecule has 2 heterocycles. The van der Waals surface area contributed by atoms with Crippen molar-refractivity contribution in [2.24, 2.45) is 0 Å². The zero-order valence-electron chi connectivity index (χ0n) is 14.9. The van der Waals surface area contributed by atoms with Gasteiger partial charge in [-0.05, 0) is 37.8 Å². The number of aryl methyl sites for hydroxylation is 1. The van der Waals surface area contributed by atoms with Gasteiger partial charge in [-0.1, -0.05) is 43.2 Å². The van der Waals surface area contributed by atoms with Gasteiger partial charge in [0.05, 0.1) is 0 Å². The third-order valence-corrected chi connectivity index (χ3v) is 4.51. The second kappa shape index (κ2) is 8.60. The van der Waals surface area contributed by atoms with Crippen LogP contribution in [0.3, 0.4) is 0 Å². The molecule has 1 aromatic heterocycles. The number of carbonyl (C=O) groups is 1. The van der Waals surface area contributed by atoms with Crippen LogP contribution < -0.4 is 10.2 Å². The molecule has 0 atom stereocenters. The third kappa shape index (κ3) is 5.02. The Morgan fingerprint density at radius 3 is 2.52 bits per heavy atom. The average molecular weight is 338 g/mol. The number of nitrogens with one attached hydrogen (secondary N) is 1. The molecule has 0 unspecified atom stereocenters. The predicted octanol–water partition coefficient (Wildman–Crippen LogP) is 3.14. The van der Waals surface area contributed by atoms with E-state index in [0.717, 1.165) is 38.0 Å². The highest BCUT2D eigenvalue weighted by Crippen LogP contribution is 2.16. The first-order valence-corrected chi connectivity index (χ1v) is 9.15. The Morgan fingerprint density at radius 1 is 1.08 bits per heavy atom. The van der Waals surface area contributed by atoms with E-state index in [2.05, 4.69) is 32.3 Å². The first-order chi connectivity index (χ1) is 12.2. The fourth-order valence-corrected chi connectivity index (χ4v) is 3.14. The minimum atomic E-state index is -0.127. The van der Waals surface area contributed by atoms with Gasteiger partial charge in [0.1, 0.15) is 5.69 Å². The van der Waals surface area contributed by atoms with E-state index in [4.69, 9.17) is 0 Å². The van der Waals surface area contributed by atoms with Crippen LogP contribution in [0.5, 0.6) is 0 Å². The van der Waals surface area contributed by atoms with Gasteiger partial charge in [0, 0.05) is 25.3 Å². The van der Waals surface area contributed by atoms with Crippen molar-refractivity contribution in [3.05, 3.63) is 53.3 Å². The van der Waals surface area contributed by atoms with E-state index < -0.39 is 0 Å². The summed E-state index contributed by atoms with van der Waals surface area (Å²) in [5, 5.41) is 2.97. The normalized spacial score (nSPS) is 14.8. The second-order valence-electron chi connectivity index (χ2n) is 6.59. The van der Waals surface area contributed by atoms with Gasteiger partial charge in [0.2, 0.25) is 5.95 Å². The summed E-state index contributed by atoms with van der Waals surface area (Å²) in [5.74, 6) is 0.563. The van der Waals surface area contributed by atoms with Gasteiger partial charge in [-0.3, -0.25) is 4.79 Å². The van der Waals surface area contributed by atoms with Crippen molar-refractivity contribution in [2.45, 2.75) is 39.0 Å². The molecule has 1 saturated heterocycles. The molecule has 0 spiro atoms. The lowest BCUT2D eigenvalue weighted by Gasteiger charge is -2.21. The van der Waals surface area contributed by atoms with Crippen molar-refractivity contribution in [3.63, 3.8) is 0 Å². The molecule has 0 saturated carbocycles. The molecule has 2 aromatic rings. The van der Waals surface area contributed by atoms with Crippen molar-refractivity contribution in [3.8, 4) is 0 Å². The molecule has 5 nitrogen and oxygen atoms in total. The third-order valence-electron chi connectivity index (χ3n) is 4.51. The smallest absolute Gasteiger partial charge is 0.270 e. The van der Waals surface area contributed by atoms with Gasteiger partial charge in [-0.15, -0.1) is 0 Å². The Hall–Kier alpha value is -2.43. The summed E-state index contributed by atoms with van der Waals surface area (Å²) in [6.07, 6.45) is 5.66. The standard InChI is InChI=1S/C20H26N4O/c1-16-15-18(19(25)21-12-11-17-9-5-4-6-10-17)23-20(22-16)24-13-7-2-3-8-14-24/h4-6,9-10,15H,2-3,7-8,11-14H2,1H3,(H,21,25). The highest BCUT2D eigenvalue weighted by molar-refractivity contribution is 5.92. The minimum Gasteiger partial charge on any atom is -0.350 e. The highest BCUT2D eigenvalue weighted by Gasteiger charge is 2.16. The van der Waals surface area contributed by atoms with E-state index >= 15 is 0 Å². The predicted molar refractivity (Wildman–Crippen MR) is 99.9 cm³/mol. The van der Waals surface area contributed by atoms with Gasteiger partial charge in [-0.25, -0.2) is 9.97 Å². The van der Waals surface area contributed by atoms with Crippen LogP contribution in [0.4, 0.5) is 5.95 Å². The average Bonchev–Trinajstić information content (AvgIpc) is 2.91. The van der Waals surface area contributed by atoms with Crippen LogP contribution in [0.2, 0.25) is 0 Å². The quantitative estimate of drug-likeness (QED) is 0.910. The van der Waals surface area contributed by atoms with E-state index in [9.17, 15) is 4.79 Å². The summed E-state index contributed by atoms with van der Waals surface area (Å²) < 4.78 is 0. The zero-order chi connectivity index (χ0) is 17.5. The molecule has 1 aromatic carbocycles. The topological polar surface area (TPSA) is 58.1 Å². The number of hydrogen-bond acceptors (Lipinski definition) is 4. The van der Waals surface area contributed by atoms with Crippen LogP contribution in [0.25, 0.3) is 0 Å². The number of nitrogens with zero attached hydrogens (tertiary/aromatic N) is 3. The summed E-state index contributed by atoms with van der Waals surface area (Å²) in [5.41, 5.74) is 2.51. The van der Waals surface area contributed by atoms with Crippen molar-refractivity contribution in [1.29, 1.82) is 0 Å². The molecule has 3 rings (SSSR count). The van der Waals surface area contributed by atoms with Crippen LogP contribution in [0.1, 0.15) is 47.4 Å². The SMILES string of the molecule is Cc1cc(C(=O)NCCc2ccccc2)nc(N2CCCCCC2)n1. The summed E-state index contributed by atoms with van der Waals surface area (Å²) in [6.45, 7) is 4.46. The Balaban J connectivity index is 1.63. The Labute approximate surface area is 149 Å². The second-order valence-corrected chi connectivity index (χ2v) is 6.59. The summed E-state index contributed by atoms with van der Waals surface area (Å²) >= 11 is 0. The first kappa shape index (κ1) is 17.4. The largest absolute Gasteiger partial charge is 0.350 e. The molecule has 0 bridgehead atoms. The van der Waals surface area contributed by atoms with Gasteiger partial charge in [-0.2, -0.15) is 0 Å². The van der Waals surface area contributed by atoms with Gasteiger partial charge < -0.3 is 10.2 Å². The van der Waals surface area contributed by atoms with Gasteiger partial charge in [0.15, 0.2) is 0 Å². The highest BCUT2D eigenvalue weighted by atomic mass is 16.1. The number of rotatable bonds is 5. The maximum absolute atomic E-state index is 12.5. The van der Waals surface area contributed by atoms with Crippen molar-refractivity contribution < 1.29 is 4.79 Å². The molecule has 0 radical (unpaired) electrons. The fourth-order valence-electron chi connectivity index (χ4n) is 3.14. The van der Waals surface area contributed by atoms with E-state index in [1.54, 1.807) is 6.07 Å². The number of anilines is 1. The molecule has 1 amide bonds. The van der Waals surface area contributed by atoms with Gasteiger partial charge in [0.25, 0.3) is 5.91 Å². The van der Waals surface area contributed by atoms with Crippen LogP contribution in [0.15, 0.2) is 36.4 Å².